The lowest BCUT2D eigenvalue weighted by Crippen LogP contribution is -2.01. The Morgan fingerprint density at radius 2 is 1.28 bits per heavy atom. The fourth-order valence-corrected chi connectivity index (χ4v) is 10.2. The van der Waals surface area contributed by atoms with Gasteiger partial charge in [0, 0.05) is 72.2 Å². The molecule has 5 heterocycles. The van der Waals surface area contributed by atoms with Crippen LogP contribution < -0.4 is 0 Å². The van der Waals surface area contributed by atoms with Crippen LogP contribution >= 0.6 is 9.90 Å². The smallest absolute Gasteiger partial charge is 0.157 e. The summed E-state index contributed by atoms with van der Waals surface area (Å²) in [7, 11) is 0. The number of hydrogen-bond donors (Lipinski definition) is 0. The number of aryl methyl sites for hydroxylation is 2. The average Bonchev–Trinajstić information content (AvgIpc) is 4.14. The van der Waals surface area contributed by atoms with Crippen LogP contribution in [0.5, 0.6) is 0 Å². The fraction of sp³-hybridized carbons (Fsp3) is 0.131. The summed E-state index contributed by atoms with van der Waals surface area (Å²) in [6, 6.07) is 53.0. The van der Waals surface area contributed by atoms with E-state index in [9.17, 15) is 10.5 Å². The molecule has 0 N–H and O–H groups in total. The first-order valence-corrected chi connectivity index (χ1v) is 23.5. The van der Waals surface area contributed by atoms with Crippen LogP contribution in [-0.2, 0) is 12.8 Å². The van der Waals surface area contributed by atoms with Gasteiger partial charge in [0.1, 0.15) is 22.3 Å². The molecule has 0 aliphatic heterocycles. The van der Waals surface area contributed by atoms with Gasteiger partial charge >= 0.3 is 0 Å². The molecule has 5 aromatic heterocycles. The maximum atomic E-state index is 9.69. The van der Waals surface area contributed by atoms with Crippen molar-refractivity contribution >= 4 is 97.5 Å². The van der Waals surface area contributed by atoms with Gasteiger partial charge in [0.05, 0.1) is 34.3 Å². The van der Waals surface area contributed by atoms with E-state index in [4.69, 9.17) is 13.8 Å². The van der Waals surface area contributed by atoms with E-state index in [2.05, 4.69) is 137 Å². The molecule has 0 amide bonds. The number of furan rings is 2. The zero-order valence-electron chi connectivity index (χ0n) is 39.1. The first kappa shape index (κ1) is 44.6. The van der Waals surface area contributed by atoms with Crippen LogP contribution in [-0.4, -0.2) is 14.1 Å². The lowest BCUT2D eigenvalue weighted by molar-refractivity contribution is 0.658. The highest BCUT2D eigenvalue weighted by atomic mass is 31.0. The molecular weight excluding hydrogens is 866 g/mol. The molecule has 12 aromatic rings. The summed E-state index contributed by atoms with van der Waals surface area (Å²) in [4.78, 5) is 4.86. The lowest BCUT2D eigenvalue weighted by atomic mass is 9.99. The number of benzene rings is 7. The molecule has 2 unspecified atom stereocenters. The minimum atomic E-state index is 0. The number of fused-ring (bicyclic) bond motifs is 12. The summed E-state index contributed by atoms with van der Waals surface area (Å²) in [6.07, 6.45) is 13.1. The third-order valence-electron chi connectivity index (χ3n) is 13.3. The van der Waals surface area contributed by atoms with Crippen molar-refractivity contribution in [2.24, 2.45) is 0 Å². The van der Waals surface area contributed by atoms with Crippen LogP contribution in [0.4, 0.5) is 0 Å². The van der Waals surface area contributed by atoms with Gasteiger partial charge in [0.25, 0.3) is 0 Å². The number of para-hydroxylation sites is 2. The molecule has 69 heavy (non-hydrogen) atoms. The van der Waals surface area contributed by atoms with Gasteiger partial charge in [-0.05, 0) is 141 Å². The highest BCUT2D eigenvalue weighted by Crippen LogP contribution is 2.41. The summed E-state index contributed by atoms with van der Waals surface area (Å²) in [5, 5.41) is 26.9. The van der Waals surface area contributed by atoms with Crippen molar-refractivity contribution in [3.05, 3.63) is 192 Å². The zero-order valence-corrected chi connectivity index (χ0v) is 40.5. The number of allylic oxidation sites excluding steroid dienone is 4. The molecule has 0 bridgehead atoms. The topological polar surface area (TPSA) is 96.6 Å². The molecule has 0 radical (unpaired) electrons. The Labute approximate surface area is 403 Å². The number of pyridine rings is 1. The van der Waals surface area contributed by atoms with Crippen molar-refractivity contribution in [1.82, 2.24) is 14.1 Å². The van der Waals surface area contributed by atoms with Crippen LogP contribution in [0.15, 0.2) is 179 Å². The van der Waals surface area contributed by atoms with Crippen LogP contribution in [0.1, 0.15) is 62.4 Å². The molecule has 2 atom stereocenters. The van der Waals surface area contributed by atoms with Gasteiger partial charge in [-0.1, -0.05) is 86.7 Å². The molecule has 0 saturated heterocycles. The highest BCUT2D eigenvalue weighted by molar-refractivity contribution is 6.92. The Hall–Kier alpha value is -8.22. The molecule has 0 aliphatic rings. The summed E-state index contributed by atoms with van der Waals surface area (Å²) < 4.78 is 17.7. The predicted octanol–water partition coefficient (Wildman–Crippen LogP) is 16.4. The normalized spacial score (nSPS) is 12.2. The van der Waals surface area contributed by atoms with Crippen LogP contribution in [0.2, 0.25) is 0 Å². The first-order valence-electron chi connectivity index (χ1n) is 23.5. The van der Waals surface area contributed by atoms with Gasteiger partial charge in [-0.3, -0.25) is 4.98 Å². The second-order valence-corrected chi connectivity index (χ2v) is 17.2. The van der Waals surface area contributed by atoms with E-state index in [-0.39, 0.29) is 15.9 Å². The number of hydrogen-bond acceptors (Lipinski definition) is 5. The monoisotopic (exact) mass is 915 g/mol. The quantitative estimate of drug-likeness (QED) is 0.106. The SMILES string of the molecule is C/C=C\C=C/C(C)n1c2ccc(CCCc3ccnc4c3oc3ccc(-n5c6ccc(C#N)cc6c6cc(C#N)ccc65)cc34)cc2c2cc(-c3cccc4c3oc3ccccc34)ccc21.CC.P. The number of nitriles is 2. The van der Waals surface area contributed by atoms with Crippen molar-refractivity contribution in [1.29, 1.82) is 10.5 Å². The van der Waals surface area contributed by atoms with Crippen molar-refractivity contribution in [2.75, 3.05) is 0 Å². The van der Waals surface area contributed by atoms with Crippen molar-refractivity contribution in [3.63, 3.8) is 0 Å². The molecule has 12 rings (SSSR count). The van der Waals surface area contributed by atoms with E-state index < -0.39 is 0 Å². The van der Waals surface area contributed by atoms with E-state index in [0.717, 1.165) is 107 Å². The van der Waals surface area contributed by atoms with Crippen LogP contribution in [0.3, 0.4) is 0 Å². The van der Waals surface area contributed by atoms with Crippen molar-refractivity contribution in [3.8, 4) is 29.0 Å². The van der Waals surface area contributed by atoms with E-state index in [1.165, 1.54) is 27.4 Å². The molecular formula is C61H50N5O2P. The molecule has 7 aromatic carbocycles. The molecule has 0 spiro atoms. The van der Waals surface area contributed by atoms with Gasteiger partial charge < -0.3 is 18.0 Å². The summed E-state index contributed by atoms with van der Waals surface area (Å²) in [5.41, 5.74) is 15.3. The third-order valence-corrected chi connectivity index (χ3v) is 13.3. The summed E-state index contributed by atoms with van der Waals surface area (Å²) in [5.74, 6) is 0. The fourth-order valence-electron chi connectivity index (χ4n) is 10.2. The zero-order chi connectivity index (χ0) is 46.5. The lowest BCUT2D eigenvalue weighted by Gasteiger charge is -2.13. The Kier molecular flexibility index (Phi) is 11.9. The van der Waals surface area contributed by atoms with Gasteiger partial charge in [-0.2, -0.15) is 20.4 Å². The largest absolute Gasteiger partial charge is 0.455 e. The molecule has 336 valence electrons. The molecule has 0 saturated carbocycles. The Balaban J connectivity index is 0.00000182. The molecule has 7 nitrogen and oxygen atoms in total. The molecule has 0 aliphatic carbocycles. The van der Waals surface area contributed by atoms with Gasteiger partial charge in [0.15, 0.2) is 5.58 Å². The number of nitrogens with zero attached hydrogens (tertiary/aromatic N) is 5. The van der Waals surface area contributed by atoms with E-state index in [0.29, 0.717) is 11.1 Å². The van der Waals surface area contributed by atoms with Gasteiger partial charge in [-0.15, -0.1) is 0 Å². The number of rotatable bonds is 9. The standard InChI is InChI=1S/C59H41N5O2.C2H6.H3P/c1-3-4-5-10-36(2)63-51-22-17-37(29-46(51)49-32-41(20-25-52(49)63)43-14-9-15-45-44-13-6-7-16-55(44)66-59(43)45)11-8-12-40-27-28-62-57-50-33-42(21-26-56(50)65-58(40)57)64-53-23-18-38(34-60)30-47(53)48-31-39(35-61)19-24-54(48)64;1-2;/h3-7,9-10,13-33,36H,8,11-12H2,1-2H3;1-2H3;1H3/b4-3-,10-5-;;. The van der Waals surface area contributed by atoms with Crippen LogP contribution in [0, 0.1) is 22.7 Å². The minimum Gasteiger partial charge on any atom is -0.455 e. The van der Waals surface area contributed by atoms with Crippen molar-refractivity contribution < 1.29 is 8.83 Å². The second kappa shape index (κ2) is 18.5. The minimum absolute atomic E-state index is 0. The molecule has 8 heteroatoms. The van der Waals surface area contributed by atoms with E-state index in [1.54, 1.807) is 0 Å². The average molecular weight is 916 g/mol. The maximum absolute atomic E-state index is 9.69. The van der Waals surface area contributed by atoms with Gasteiger partial charge in [0.2, 0.25) is 0 Å². The maximum Gasteiger partial charge on any atom is 0.157 e. The van der Waals surface area contributed by atoms with Crippen LogP contribution in [0.25, 0.3) is 104 Å². The predicted molar refractivity (Wildman–Crippen MR) is 291 cm³/mol. The Morgan fingerprint density at radius 3 is 2.03 bits per heavy atom. The molecule has 0 fully saturated rings. The first-order chi connectivity index (χ1) is 33.5. The Bertz CT molecular complexity index is 4040. The number of aromatic nitrogens is 3. The van der Waals surface area contributed by atoms with E-state index in [1.807, 2.05) is 81.6 Å². The van der Waals surface area contributed by atoms with Crippen molar-refractivity contribution in [2.45, 2.75) is 53.0 Å². The highest BCUT2D eigenvalue weighted by Gasteiger charge is 2.20. The third kappa shape index (κ3) is 7.53. The van der Waals surface area contributed by atoms with E-state index >= 15 is 0 Å². The summed E-state index contributed by atoms with van der Waals surface area (Å²) in [6.45, 7) is 8.30. The summed E-state index contributed by atoms with van der Waals surface area (Å²) >= 11 is 0. The Morgan fingerprint density at radius 1 is 0.609 bits per heavy atom. The second-order valence-electron chi connectivity index (χ2n) is 17.2. The van der Waals surface area contributed by atoms with Gasteiger partial charge in [-0.25, -0.2) is 0 Å².